The molecule has 0 unspecified atom stereocenters. The SMILES string of the molecule is Cc1ccc(-n2c(-c3cccnc3)nc3ccccc3c2=O)nc1. The molecule has 0 saturated carbocycles. The van der Waals surface area contributed by atoms with Gasteiger partial charge in [-0.15, -0.1) is 0 Å². The van der Waals surface area contributed by atoms with E-state index in [1.54, 1.807) is 29.2 Å². The zero-order chi connectivity index (χ0) is 16.5. The Bertz CT molecular complexity index is 1070. The molecule has 4 rings (SSSR count). The maximum Gasteiger partial charge on any atom is 0.267 e. The fourth-order valence-corrected chi connectivity index (χ4v) is 2.63. The summed E-state index contributed by atoms with van der Waals surface area (Å²) in [5, 5.41) is 0.563. The van der Waals surface area contributed by atoms with Crippen LogP contribution in [0.5, 0.6) is 0 Å². The molecule has 0 bridgehead atoms. The topological polar surface area (TPSA) is 60.7 Å². The van der Waals surface area contributed by atoms with Gasteiger partial charge in [0.05, 0.1) is 10.9 Å². The van der Waals surface area contributed by atoms with Crippen LogP contribution in [0.2, 0.25) is 0 Å². The lowest BCUT2D eigenvalue weighted by Crippen LogP contribution is -2.22. The number of aryl methyl sites for hydroxylation is 1. The summed E-state index contributed by atoms with van der Waals surface area (Å²) in [5.74, 6) is 1.07. The third-order valence-electron chi connectivity index (χ3n) is 3.82. The average molecular weight is 314 g/mol. The van der Waals surface area contributed by atoms with E-state index in [4.69, 9.17) is 0 Å². The number of benzene rings is 1. The van der Waals surface area contributed by atoms with Gasteiger partial charge in [-0.05, 0) is 42.8 Å². The zero-order valence-electron chi connectivity index (χ0n) is 13.0. The second-order valence-corrected chi connectivity index (χ2v) is 5.53. The highest BCUT2D eigenvalue weighted by Crippen LogP contribution is 2.20. The molecule has 116 valence electrons. The van der Waals surface area contributed by atoms with Gasteiger partial charge in [0.1, 0.15) is 5.82 Å². The van der Waals surface area contributed by atoms with Gasteiger partial charge in [0.15, 0.2) is 5.82 Å². The van der Waals surface area contributed by atoms with E-state index < -0.39 is 0 Å². The standard InChI is InChI=1S/C19H14N4O/c1-13-8-9-17(21-11-13)23-18(14-5-4-10-20-12-14)22-16-7-3-2-6-15(16)19(23)24/h2-12H,1H3. The van der Waals surface area contributed by atoms with Crippen molar-refractivity contribution in [2.45, 2.75) is 6.92 Å². The van der Waals surface area contributed by atoms with Crippen molar-refractivity contribution in [3.05, 3.63) is 83.0 Å². The quantitative estimate of drug-likeness (QED) is 0.570. The molecule has 0 atom stereocenters. The summed E-state index contributed by atoms with van der Waals surface area (Å²) < 4.78 is 1.54. The average Bonchev–Trinajstić information content (AvgIpc) is 2.63. The van der Waals surface area contributed by atoms with E-state index in [0.29, 0.717) is 22.5 Å². The zero-order valence-corrected chi connectivity index (χ0v) is 13.0. The number of fused-ring (bicyclic) bond motifs is 1. The Hall–Kier alpha value is -3.34. The van der Waals surface area contributed by atoms with Crippen LogP contribution in [-0.2, 0) is 0 Å². The molecule has 0 spiro atoms. The molecule has 24 heavy (non-hydrogen) atoms. The van der Waals surface area contributed by atoms with Gasteiger partial charge in [-0.25, -0.2) is 14.5 Å². The molecular weight excluding hydrogens is 300 g/mol. The molecule has 0 aliphatic rings. The third kappa shape index (κ3) is 2.36. The fourth-order valence-electron chi connectivity index (χ4n) is 2.63. The van der Waals surface area contributed by atoms with Crippen LogP contribution in [0.3, 0.4) is 0 Å². The first-order chi connectivity index (χ1) is 11.7. The molecule has 0 aliphatic heterocycles. The molecule has 0 radical (unpaired) electrons. The highest BCUT2D eigenvalue weighted by atomic mass is 16.1. The lowest BCUT2D eigenvalue weighted by atomic mass is 10.2. The van der Waals surface area contributed by atoms with Crippen LogP contribution >= 0.6 is 0 Å². The van der Waals surface area contributed by atoms with E-state index in [1.165, 1.54) is 0 Å². The normalized spacial score (nSPS) is 10.9. The highest BCUT2D eigenvalue weighted by Gasteiger charge is 2.15. The van der Waals surface area contributed by atoms with Crippen LogP contribution < -0.4 is 5.56 Å². The molecule has 0 saturated heterocycles. The van der Waals surface area contributed by atoms with Crippen molar-refractivity contribution >= 4 is 10.9 Å². The molecule has 5 nitrogen and oxygen atoms in total. The third-order valence-corrected chi connectivity index (χ3v) is 3.82. The molecule has 5 heteroatoms. The first-order valence-corrected chi connectivity index (χ1v) is 7.59. The van der Waals surface area contributed by atoms with Gasteiger partial charge in [0, 0.05) is 24.2 Å². The van der Waals surface area contributed by atoms with E-state index in [0.717, 1.165) is 11.1 Å². The Kier molecular flexibility index (Phi) is 3.39. The van der Waals surface area contributed by atoms with Crippen molar-refractivity contribution in [1.29, 1.82) is 0 Å². The minimum atomic E-state index is -0.143. The van der Waals surface area contributed by atoms with Crippen molar-refractivity contribution in [1.82, 2.24) is 19.5 Å². The number of rotatable bonds is 2. The first kappa shape index (κ1) is 14.3. The van der Waals surface area contributed by atoms with Gasteiger partial charge in [0.25, 0.3) is 5.56 Å². The van der Waals surface area contributed by atoms with E-state index in [9.17, 15) is 4.79 Å². The summed E-state index contributed by atoms with van der Waals surface area (Å²) in [5.41, 5.74) is 2.31. The second-order valence-electron chi connectivity index (χ2n) is 5.53. The lowest BCUT2D eigenvalue weighted by Gasteiger charge is -2.13. The summed E-state index contributed by atoms with van der Waals surface area (Å²) in [6, 6.07) is 14.8. The van der Waals surface area contributed by atoms with Crippen molar-refractivity contribution in [3.63, 3.8) is 0 Å². The number of pyridine rings is 2. The summed E-state index contributed by atoms with van der Waals surface area (Å²) in [6.07, 6.45) is 5.13. The van der Waals surface area contributed by atoms with Gasteiger partial charge in [0.2, 0.25) is 0 Å². The summed E-state index contributed by atoms with van der Waals surface area (Å²) >= 11 is 0. The summed E-state index contributed by atoms with van der Waals surface area (Å²) in [6.45, 7) is 1.96. The van der Waals surface area contributed by atoms with Crippen LogP contribution in [0.1, 0.15) is 5.56 Å². The second kappa shape index (κ2) is 5.70. The van der Waals surface area contributed by atoms with E-state index in [1.807, 2.05) is 49.4 Å². The molecule has 0 N–H and O–H groups in total. The Balaban J connectivity index is 2.11. The summed E-state index contributed by atoms with van der Waals surface area (Å²) in [7, 11) is 0. The molecule has 3 aromatic heterocycles. The van der Waals surface area contributed by atoms with E-state index in [2.05, 4.69) is 15.0 Å². The van der Waals surface area contributed by atoms with Crippen LogP contribution in [0.4, 0.5) is 0 Å². The molecule has 1 aromatic carbocycles. The number of hydrogen-bond acceptors (Lipinski definition) is 4. The predicted molar refractivity (Wildman–Crippen MR) is 93.1 cm³/mol. The maximum absolute atomic E-state index is 13.1. The van der Waals surface area contributed by atoms with Gasteiger partial charge < -0.3 is 0 Å². The first-order valence-electron chi connectivity index (χ1n) is 7.59. The summed E-state index contributed by atoms with van der Waals surface area (Å²) in [4.78, 5) is 26.3. The Morgan fingerprint density at radius 1 is 0.958 bits per heavy atom. The van der Waals surface area contributed by atoms with Gasteiger partial charge >= 0.3 is 0 Å². The predicted octanol–water partition coefficient (Wildman–Crippen LogP) is 3.15. The lowest BCUT2D eigenvalue weighted by molar-refractivity contribution is 0.928. The Morgan fingerprint density at radius 2 is 1.83 bits per heavy atom. The monoisotopic (exact) mass is 314 g/mol. The number of para-hydroxylation sites is 1. The van der Waals surface area contributed by atoms with Gasteiger partial charge in [-0.3, -0.25) is 9.78 Å². The van der Waals surface area contributed by atoms with Gasteiger partial charge in [-0.2, -0.15) is 0 Å². The largest absolute Gasteiger partial charge is 0.268 e. The maximum atomic E-state index is 13.1. The Morgan fingerprint density at radius 3 is 2.58 bits per heavy atom. The van der Waals surface area contributed by atoms with Crippen LogP contribution in [-0.4, -0.2) is 19.5 Å². The number of nitrogens with zero attached hydrogens (tertiary/aromatic N) is 4. The number of hydrogen-bond donors (Lipinski definition) is 0. The van der Waals surface area contributed by atoms with Crippen molar-refractivity contribution in [2.75, 3.05) is 0 Å². The van der Waals surface area contributed by atoms with Crippen molar-refractivity contribution in [3.8, 4) is 17.2 Å². The molecule has 0 amide bonds. The molecule has 0 aliphatic carbocycles. The van der Waals surface area contributed by atoms with Crippen molar-refractivity contribution < 1.29 is 0 Å². The molecule has 3 heterocycles. The van der Waals surface area contributed by atoms with E-state index >= 15 is 0 Å². The molecule has 0 fully saturated rings. The fraction of sp³-hybridized carbons (Fsp3) is 0.0526. The van der Waals surface area contributed by atoms with Crippen LogP contribution in [0.15, 0.2) is 71.9 Å². The van der Waals surface area contributed by atoms with Crippen LogP contribution in [0.25, 0.3) is 28.1 Å². The number of aromatic nitrogens is 4. The van der Waals surface area contributed by atoms with Crippen molar-refractivity contribution in [2.24, 2.45) is 0 Å². The van der Waals surface area contributed by atoms with E-state index in [-0.39, 0.29) is 5.56 Å². The smallest absolute Gasteiger partial charge is 0.267 e. The molecule has 4 aromatic rings. The minimum Gasteiger partial charge on any atom is -0.268 e. The Labute approximate surface area is 138 Å². The van der Waals surface area contributed by atoms with Crippen LogP contribution in [0, 0.1) is 6.92 Å². The van der Waals surface area contributed by atoms with Gasteiger partial charge in [-0.1, -0.05) is 18.2 Å². The molecular formula is C19H14N4O. The highest BCUT2D eigenvalue weighted by molar-refractivity contribution is 5.80. The minimum absolute atomic E-state index is 0.143.